The Morgan fingerprint density at radius 3 is 2.81 bits per heavy atom. The van der Waals surface area contributed by atoms with E-state index >= 15 is 0 Å². The first-order valence-electron chi connectivity index (χ1n) is 4.82. The lowest BCUT2D eigenvalue weighted by Gasteiger charge is -2.08. The Morgan fingerprint density at radius 1 is 1.56 bits per heavy atom. The second-order valence-electron chi connectivity index (χ2n) is 3.56. The van der Waals surface area contributed by atoms with E-state index in [2.05, 4.69) is 15.9 Å². The predicted octanol–water partition coefficient (Wildman–Crippen LogP) is 2.56. The lowest BCUT2D eigenvalue weighted by atomic mass is 10.2. The van der Waals surface area contributed by atoms with Gasteiger partial charge in [0.2, 0.25) is 0 Å². The number of rotatable bonds is 5. The van der Waals surface area contributed by atoms with Crippen LogP contribution in [0.3, 0.4) is 0 Å². The summed E-state index contributed by atoms with van der Waals surface area (Å²) in [5.74, 6) is -0.511. The fraction of sp³-hybridized carbons (Fsp3) is 0.364. The van der Waals surface area contributed by atoms with Crippen LogP contribution in [0.5, 0.6) is 0 Å². The SMILES string of the molecule is CC(CC(=O)O)S(=O)Cc1cccc(Br)c1. The van der Waals surface area contributed by atoms with Gasteiger partial charge in [0.15, 0.2) is 0 Å². The van der Waals surface area contributed by atoms with Gasteiger partial charge in [0.25, 0.3) is 0 Å². The second kappa shape index (κ2) is 6.15. The van der Waals surface area contributed by atoms with Gasteiger partial charge in [-0.25, -0.2) is 0 Å². The van der Waals surface area contributed by atoms with Gasteiger partial charge >= 0.3 is 5.97 Å². The first-order valence-corrected chi connectivity index (χ1v) is 7.00. The summed E-state index contributed by atoms with van der Waals surface area (Å²) in [4.78, 5) is 10.5. The maximum atomic E-state index is 11.8. The van der Waals surface area contributed by atoms with Crippen LogP contribution in [0.15, 0.2) is 28.7 Å². The summed E-state index contributed by atoms with van der Waals surface area (Å²) in [6, 6.07) is 7.55. The van der Waals surface area contributed by atoms with Crippen LogP contribution in [0.2, 0.25) is 0 Å². The number of aliphatic carboxylic acids is 1. The van der Waals surface area contributed by atoms with Gasteiger partial charge in [-0.2, -0.15) is 0 Å². The fourth-order valence-electron chi connectivity index (χ4n) is 1.27. The summed E-state index contributed by atoms with van der Waals surface area (Å²) in [6.45, 7) is 1.70. The van der Waals surface area contributed by atoms with Crippen LogP contribution in [0.25, 0.3) is 0 Å². The van der Waals surface area contributed by atoms with Gasteiger partial charge in [-0.05, 0) is 17.7 Å². The fourth-order valence-corrected chi connectivity index (χ4v) is 2.84. The number of halogens is 1. The van der Waals surface area contributed by atoms with E-state index in [1.54, 1.807) is 6.92 Å². The molecule has 3 nitrogen and oxygen atoms in total. The van der Waals surface area contributed by atoms with Crippen LogP contribution in [0, 0.1) is 0 Å². The van der Waals surface area contributed by atoms with Gasteiger partial charge in [-0.1, -0.05) is 35.0 Å². The molecule has 0 saturated carbocycles. The Hall–Kier alpha value is -0.680. The van der Waals surface area contributed by atoms with E-state index in [4.69, 9.17) is 5.11 Å². The quantitative estimate of drug-likeness (QED) is 0.909. The van der Waals surface area contributed by atoms with E-state index in [-0.39, 0.29) is 11.7 Å². The van der Waals surface area contributed by atoms with Crippen LogP contribution >= 0.6 is 15.9 Å². The number of benzene rings is 1. The van der Waals surface area contributed by atoms with Crippen LogP contribution < -0.4 is 0 Å². The van der Waals surface area contributed by atoms with Gasteiger partial charge in [0, 0.05) is 26.3 Å². The molecule has 0 saturated heterocycles. The van der Waals surface area contributed by atoms with Crippen molar-refractivity contribution >= 4 is 32.7 Å². The summed E-state index contributed by atoms with van der Waals surface area (Å²) in [5, 5.41) is 8.28. The lowest BCUT2D eigenvalue weighted by Crippen LogP contribution is -2.17. The Morgan fingerprint density at radius 2 is 2.25 bits per heavy atom. The van der Waals surface area contributed by atoms with Crippen molar-refractivity contribution in [3.8, 4) is 0 Å². The van der Waals surface area contributed by atoms with Crippen molar-refractivity contribution in [3.05, 3.63) is 34.3 Å². The maximum Gasteiger partial charge on any atom is 0.304 e. The van der Waals surface area contributed by atoms with Crippen molar-refractivity contribution in [2.24, 2.45) is 0 Å². The molecule has 0 radical (unpaired) electrons. The number of hydrogen-bond donors (Lipinski definition) is 1. The highest BCUT2D eigenvalue weighted by atomic mass is 79.9. The lowest BCUT2D eigenvalue weighted by molar-refractivity contribution is -0.136. The van der Waals surface area contributed by atoms with E-state index in [0.29, 0.717) is 5.75 Å². The van der Waals surface area contributed by atoms with Crippen molar-refractivity contribution in [1.82, 2.24) is 0 Å². The zero-order valence-electron chi connectivity index (χ0n) is 8.85. The zero-order valence-corrected chi connectivity index (χ0v) is 11.3. The number of hydrogen-bond acceptors (Lipinski definition) is 2. The molecule has 1 aromatic carbocycles. The van der Waals surface area contributed by atoms with Crippen molar-refractivity contribution in [1.29, 1.82) is 0 Å². The van der Waals surface area contributed by atoms with Crippen molar-refractivity contribution in [2.45, 2.75) is 24.3 Å². The molecule has 0 bridgehead atoms. The summed E-state index contributed by atoms with van der Waals surface area (Å²) in [7, 11) is -1.15. The molecule has 0 aliphatic rings. The first-order chi connectivity index (χ1) is 7.49. The molecule has 1 aromatic rings. The van der Waals surface area contributed by atoms with Gasteiger partial charge in [-0.15, -0.1) is 0 Å². The molecule has 0 spiro atoms. The Labute approximate surface area is 105 Å². The molecule has 0 aromatic heterocycles. The molecule has 0 heterocycles. The number of carbonyl (C=O) groups is 1. The first kappa shape index (κ1) is 13.4. The second-order valence-corrected chi connectivity index (χ2v) is 6.33. The van der Waals surface area contributed by atoms with Gasteiger partial charge < -0.3 is 5.11 Å². The van der Waals surface area contributed by atoms with Crippen LogP contribution in [-0.4, -0.2) is 20.5 Å². The van der Waals surface area contributed by atoms with E-state index < -0.39 is 16.8 Å². The molecular weight excluding hydrogens is 292 g/mol. The topological polar surface area (TPSA) is 54.4 Å². The largest absolute Gasteiger partial charge is 0.481 e. The van der Waals surface area contributed by atoms with Crippen LogP contribution in [0.1, 0.15) is 18.9 Å². The van der Waals surface area contributed by atoms with Crippen LogP contribution in [-0.2, 0) is 21.3 Å². The number of carboxylic acid groups (broad SMARTS) is 1. The van der Waals surface area contributed by atoms with E-state index in [0.717, 1.165) is 10.0 Å². The normalized spacial score (nSPS) is 14.4. The Bertz CT molecular complexity index is 406. The van der Waals surface area contributed by atoms with Gasteiger partial charge in [-0.3, -0.25) is 9.00 Å². The van der Waals surface area contributed by atoms with Gasteiger partial charge in [0.05, 0.1) is 6.42 Å². The molecule has 0 fully saturated rings. The molecule has 0 aliphatic carbocycles. The number of carboxylic acids is 1. The average Bonchev–Trinajstić information content (AvgIpc) is 2.16. The molecule has 0 amide bonds. The highest BCUT2D eigenvalue weighted by Crippen LogP contribution is 2.15. The maximum absolute atomic E-state index is 11.8. The van der Waals surface area contributed by atoms with Crippen molar-refractivity contribution in [2.75, 3.05) is 0 Å². The van der Waals surface area contributed by atoms with Crippen LogP contribution in [0.4, 0.5) is 0 Å². The summed E-state index contributed by atoms with van der Waals surface area (Å²) < 4.78 is 12.7. The van der Waals surface area contributed by atoms with E-state index in [9.17, 15) is 9.00 Å². The minimum absolute atomic E-state index is 0.0549. The molecule has 16 heavy (non-hydrogen) atoms. The molecule has 1 rings (SSSR count). The third kappa shape index (κ3) is 4.45. The van der Waals surface area contributed by atoms with E-state index in [1.807, 2.05) is 24.3 Å². The van der Waals surface area contributed by atoms with E-state index in [1.165, 1.54) is 0 Å². The highest BCUT2D eigenvalue weighted by Gasteiger charge is 2.15. The standard InChI is InChI=1S/C11H13BrO3S/c1-8(5-11(13)14)16(15)7-9-3-2-4-10(12)6-9/h2-4,6,8H,5,7H2,1H3,(H,13,14). The zero-order chi connectivity index (χ0) is 12.1. The predicted molar refractivity (Wildman–Crippen MR) is 67.7 cm³/mol. The van der Waals surface area contributed by atoms with Crippen molar-refractivity contribution < 1.29 is 14.1 Å². The Balaban J connectivity index is 2.60. The Kier molecular flexibility index (Phi) is 5.15. The molecule has 1 N–H and O–H groups in total. The minimum atomic E-state index is -1.15. The molecule has 88 valence electrons. The molecule has 2 atom stereocenters. The highest BCUT2D eigenvalue weighted by molar-refractivity contribution is 9.10. The molecular formula is C11H13BrO3S. The third-order valence-electron chi connectivity index (χ3n) is 2.11. The average molecular weight is 305 g/mol. The third-order valence-corrected chi connectivity index (χ3v) is 4.28. The molecule has 5 heteroatoms. The smallest absolute Gasteiger partial charge is 0.304 e. The minimum Gasteiger partial charge on any atom is -0.481 e. The monoisotopic (exact) mass is 304 g/mol. The van der Waals surface area contributed by atoms with Crippen molar-refractivity contribution in [3.63, 3.8) is 0 Å². The molecule has 2 unspecified atom stereocenters. The summed E-state index contributed by atoms with van der Waals surface area (Å²) in [5.41, 5.74) is 0.949. The summed E-state index contributed by atoms with van der Waals surface area (Å²) in [6.07, 6.45) is -0.0549. The summed E-state index contributed by atoms with van der Waals surface area (Å²) >= 11 is 3.34. The van der Waals surface area contributed by atoms with Gasteiger partial charge in [0.1, 0.15) is 0 Å². The molecule has 0 aliphatic heterocycles.